The molecule has 1 N–H and O–H groups in total. The predicted octanol–water partition coefficient (Wildman–Crippen LogP) is 7.68. The van der Waals surface area contributed by atoms with Gasteiger partial charge in [-0.05, 0) is 67.9 Å². The van der Waals surface area contributed by atoms with Crippen molar-refractivity contribution >= 4 is 27.7 Å². The highest BCUT2D eigenvalue weighted by atomic mass is 32.2. The number of rotatable bonds is 11. The molecule has 0 aliphatic heterocycles. The first-order chi connectivity index (χ1) is 22.2. The van der Waals surface area contributed by atoms with Crippen molar-refractivity contribution in [3.05, 3.63) is 138 Å². The van der Waals surface area contributed by atoms with Gasteiger partial charge >= 0.3 is 5.97 Å². The molecule has 3 aromatic heterocycles. The van der Waals surface area contributed by atoms with E-state index in [0.717, 1.165) is 33.9 Å². The maximum absolute atomic E-state index is 14.5. The van der Waals surface area contributed by atoms with Crippen molar-refractivity contribution in [3.8, 4) is 17.0 Å². The lowest BCUT2D eigenvalue weighted by atomic mass is 9.88. The molecule has 1 unspecified atom stereocenters. The largest absolute Gasteiger partial charge is 0.487 e. The first-order valence-corrected chi connectivity index (χ1v) is 15.9. The van der Waals surface area contributed by atoms with Gasteiger partial charge in [-0.2, -0.15) is 0 Å². The number of carbonyl (C=O) groups is 1. The van der Waals surface area contributed by atoms with Crippen LogP contribution in [0.15, 0.2) is 125 Å². The summed E-state index contributed by atoms with van der Waals surface area (Å²) >= 11 is 0. The van der Waals surface area contributed by atoms with Crippen molar-refractivity contribution < 1.29 is 23.2 Å². The van der Waals surface area contributed by atoms with E-state index < -0.39 is 28.0 Å². The predicted molar refractivity (Wildman–Crippen MR) is 175 cm³/mol. The molecule has 0 spiro atoms. The maximum Gasteiger partial charge on any atom is 0.309 e. The van der Waals surface area contributed by atoms with Gasteiger partial charge in [0.25, 0.3) is 0 Å². The maximum atomic E-state index is 14.5. The van der Waals surface area contributed by atoms with E-state index in [1.165, 1.54) is 6.07 Å². The summed E-state index contributed by atoms with van der Waals surface area (Å²) in [6.07, 6.45) is 3.02. The summed E-state index contributed by atoms with van der Waals surface area (Å²) < 4.78 is 36.2. The average molecular weight is 634 g/mol. The van der Waals surface area contributed by atoms with E-state index >= 15 is 0 Å². The molecule has 3 aromatic carbocycles. The van der Waals surface area contributed by atoms with Gasteiger partial charge in [0.05, 0.1) is 44.2 Å². The van der Waals surface area contributed by atoms with Crippen LogP contribution in [0.5, 0.6) is 5.75 Å². The Kier molecular flexibility index (Phi) is 8.76. The number of aromatic nitrogens is 3. The molecule has 0 fully saturated rings. The van der Waals surface area contributed by atoms with Crippen LogP contribution >= 0.6 is 0 Å². The number of carboxylic acids is 1. The third-order valence-electron chi connectivity index (χ3n) is 7.85. The van der Waals surface area contributed by atoms with Crippen LogP contribution in [-0.4, -0.2) is 29.8 Å². The summed E-state index contributed by atoms with van der Waals surface area (Å²) in [5, 5.41) is 10.9. The number of carboxylic acid groups (broad SMARTS) is 1. The lowest BCUT2D eigenvalue weighted by molar-refractivity contribution is -0.146. The summed E-state index contributed by atoms with van der Waals surface area (Å²) in [6, 6.07) is 31.3. The molecule has 0 bridgehead atoms. The van der Waals surface area contributed by atoms with Gasteiger partial charge in [-0.3, -0.25) is 14.8 Å². The Labute approximate surface area is 268 Å². The lowest BCUT2D eigenvalue weighted by Crippen LogP contribution is -2.28. The van der Waals surface area contributed by atoms with Crippen molar-refractivity contribution in [2.45, 2.75) is 43.2 Å². The number of benzene rings is 3. The van der Waals surface area contributed by atoms with Crippen LogP contribution in [0.4, 0.5) is 4.39 Å². The first-order valence-electron chi connectivity index (χ1n) is 14.8. The zero-order chi connectivity index (χ0) is 32.3. The Morgan fingerprint density at radius 3 is 2.37 bits per heavy atom. The molecule has 1 atom stereocenters. The number of pyridine rings is 2. The Balaban J connectivity index is 1.48. The van der Waals surface area contributed by atoms with Crippen LogP contribution in [0.2, 0.25) is 0 Å². The van der Waals surface area contributed by atoms with Gasteiger partial charge in [-0.25, -0.2) is 8.60 Å². The second-order valence-corrected chi connectivity index (χ2v) is 13.1. The molecule has 6 aromatic rings. The second kappa shape index (κ2) is 13.1. The number of hydrogen-bond donors (Lipinski definition) is 1. The summed E-state index contributed by atoms with van der Waals surface area (Å²) in [4.78, 5) is 22.0. The molecule has 7 nitrogen and oxygen atoms in total. The van der Waals surface area contributed by atoms with Gasteiger partial charge in [-0.15, -0.1) is 0 Å². The highest BCUT2D eigenvalue weighted by Gasteiger charge is 2.33. The zero-order valence-electron chi connectivity index (χ0n) is 25.4. The molecule has 0 radical (unpaired) electrons. The molecule has 232 valence electrons. The van der Waals surface area contributed by atoms with Gasteiger partial charge in [0.1, 0.15) is 18.2 Å². The minimum absolute atomic E-state index is 0.145. The molecule has 0 amide bonds. The Morgan fingerprint density at radius 2 is 1.70 bits per heavy atom. The molecular formula is C37H32FN3O4S. The van der Waals surface area contributed by atoms with Crippen LogP contribution in [-0.2, 0) is 35.2 Å². The van der Waals surface area contributed by atoms with Crippen LogP contribution in [0.25, 0.3) is 22.2 Å². The number of halogens is 1. The van der Waals surface area contributed by atoms with Crippen molar-refractivity contribution in [1.29, 1.82) is 0 Å². The van der Waals surface area contributed by atoms with Gasteiger partial charge < -0.3 is 14.4 Å². The topological polar surface area (TPSA) is 94.3 Å². The summed E-state index contributed by atoms with van der Waals surface area (Å²) in [5.74, 6) is -0.755. The number of nitrogens with zero attached hydrogens (tertiary/aromatic N) is 3. The Morgan fingerprint density at radius 1 is 0.935 bits per heavy atom. The molecule has 0 saturated heterocycles. The zero-order valence-corrected chi connectivity index (χ0v) is 26.2. The number of ether oxygens (including phenoxy) is 1. The quantitative estimate of drug-likeness (QED) is 0.157. The molecule has 9 heteroatoms. The summed E-state index contributed by atoms with van der Waals surface area (Å²) in [7, 11) is -1.67. The standard InChI is InChI=1S/C37H32FN3O4S/c1-37(2,36(42)43)21-34-35(46(44)30-15-11-26(12-16-30)32-18-13-27(38)22-40-32)31-17-14-29(45-24-28-10-6-7-19-39-28)20-33(31)41(34)23-25-8-4-3-5-9-25/h3-20,22H,21,23-24H2,1-2H3,(H,42,43). The third-order valence-corrected chi connectivity index (χ3v) is 9.38. The molecule has 0 aliphatic rings. The normalized spacial score (nSPS) is 12.2. The van der Waals surface area contributed by atoms with E-state index in [1.807, 2.05) is 66.7 Å². The van der Waals surface area contributed by atoms with Crippen molar-refractivity contribution in [2.24, 2.45) is 5.41 Å². The van der Waals surface area contributed by atoms with Crippen molar-refractivity contribution in [3.63, 3.8) is 0 Å². The van der Waals surface area contributed by atoms with E-state index in [1.54, 1.807) is 50.4 Å². The molecule has 46 heavy (non-hydrogen) atoms. The highest BCUT2D eigenvalue weighted by molar-refractivity contribution is 7.85. The Bertz CT molecular complexity index is 2010. The molecule has 0 aliphatic carbocycles. The van der Waals surface area contributed by atoms with Crippen LogP contribution < -0.4 is 4.74 Å². The van der Waals surface area contributed by atoms with Crippen LogP contribution in [0.1, 0.15) is 30.8 Å². The van der Waals surface area contributed by atoms with E-state index in [0.29, 0.717) is 33.5 Å². The lowest BCUT2D eigenvalue weighted by Gasteiger charge is -2.22. The highest BCUT2D eigenvalue weighted by Crippen LogP contribution is 2.38. The molecule has 3 heterocycles. The van der Waals surface area contributed by atoms with Crippen molar-refractivity contribution in [2.75, 3.05) is 0 Å². The average Bonchev–Trinajstić information content (AvgIpc) is 3.35. The van der Waals surface area contributed by atoms with E-state index in [4.69, 9.17) is 4.74 Å². The van der Waals surface area contributed by atoms with Crippen molar-refractivity contribution in [1.82, 2.24) is 14.5 Å². The van der Waals surface area contributed by atoms with Crippen LogP contribution in [0, 0.1) is 11.2 Å². The molecule has 6 rings (SSSR count). The smallest absolute Gasteiger partial charge is 0.309 e. The fourth-order valence-electron chi connectivity index (χ4n) is 5.32. The number of hydrogen-bond acceptors (Lipinski definition) is 5. The van der Waals surface area contributed by atoms with Gasteiger partial charge in [0.2, 0.25) is 0 Å². The number of fused-ring (bicyclic) bond motifs is 1. The van der Waals surface area contributed by atoms with E-state index in [-0.39, 0.29) is 13.0 Å². The van der Waals surface area contributed by atoms with Gasteiger partial charge in [-0.1, -0.05) is 48.5 Å². The van der Waals surface area contributed by atoms with E-state index in [9.17, 15) is 18.5 Å². The second-order valence-electron chi connectivity index (χ2n) is 11.7. The van der Waals surface area contributed by atoms with Gasteiger partial charge in [0.15, 0.2) is 0 Å². The fourth-order valence-corrected chi connectivity index (χ4v) is 6.71. The Hall–Kier alpha value is -5.15. The van der Waals surface area contributed by atoms with E-state index in [2.05, 4.69) is 14.5 Å². The summed E-state index contributed by atoms with van der Waals surface area (Å²) in [6.45, 7) is 4.08. The molecular weight excluding hydrogens is 601 g/mol. The monoisotopic (exact) mass is 633 g/mol. The third kappa shape index (κ3) is 6.60. The minimum atomic E-state index is -1.67. The first kappa shape index (κ1) is 30.9. The van der Waals surface area contributed by atoms with Gasteiger partial charge in [0, 0.05) is 46.8 Å². The van der Waals surface area contributed by atoms with Crippen LogP contribution in [0.3, 0.4) is 0 Å². The molecule has 0 saturated carbocycles. The fraction of sp³-hybridized carbons (Fsp3) is 0.162. The number of aliphatic carboxylic acids is 1. The summed E-state index contributed by atoms with van der Waals surface area (Å²) in [5.41, 5.74) is 3.48. The minimum Gasteiger partial charge on any atom is -0.487 e. The SMILES string of the molecule is CC(C)(Cc1c(S(=O)c2ccc(-c3ccc(F)cn3)cc2)c2ccc(OCc3ccccn3)cc2n1Cc1ccccc1)C(=O)O.